The molecule has 3 heteroatoms. The van der Waals surface area contributed by atoms with Crippen LogP contribution in [0.15, 0.2) is 0 Å². The Hall–Kier alpha value is 0.240. The normalized spacial score (nSPS) is 45.1. The highest BCUT2D eigenvalue weighted by Gasteiger charge is 2.57. The number of rotatable bonds is 2. The smallest absolute Gasteiger partial charge is 0.136 e. The first-order chi connectivity index (χ1) is 10.1. The number of hydrogen-bond acceptors (Lipinski definition) is 2. The standard InChI is InChI=1S/C18H29NS2/c1-2-17-9-14-8-15(10-17)12-18(11-14,13-17)21-16(20)19-6-4-3-5-7-19/h14-15H,2-13H2,1H3/t14-,15+,17?,18?. The monoisotopic (exact) mass is 323 g/mol. The molecule has 118 valence electrons. The Kier molecular flexibility index (Phi) is 3.81. The molecule has 4 atom stereocenters. The molecule has 0 radical (unpaired) electrons. The van der Waals surface area contributed by atoms with Crippen LogP contribution in [0.25, 0.3) is 0 Å². The predicted octanol–water partition coefficient (Wildman–Crippen LogP) is 5.24. The van der Waals surface area contributed by atoms with Gasteiger partial charge in [0.1, 0.15) is 4.32 Å². The van der Waals surface area contributed by atoms with Crippen molar-refractivity contribution in [2.45, 2.75) is 75.9 Å². The van der Waals surface area contributed by atoms with Crippen LogP contribution in [0.5, 0.6) is 0 Å². The summed E-state index contributed by atoms with van der Waals surface area (Å²) in [4.78, 5) is 2.51. The molecule has 1 nitrogen and oxygen atoms in total. The predicted molar refractivity (Wildman–Crippen MR) is 95.8 cm³/mol. The largest absolute Gasteiger partial charge is 0.358 e. The third-order valence-electron chi connectivity index (χ3n) is 6.80. The van der Waals surface area contributed by atoms with E-state index in [-0.39, 0.29) is 0 Å². The summed E-state index contributed by atoms with van der Waals surface area (Å²) in [5.74, 6) is 2.03. The van der Waals surface area contributed by atoms with Crippen molar-refractivity contribution in [1.82, 2.24) is 4.90 Å². The van der Waals surface area contributed by atoms with Gasteiger partial charge in [-0.2, -0.15) is 0 Å². The SMILES string of the molecule is CCC12C[C@H]3C[C@@H](C1)CC(SC(=S)N1CCCCC1)(C3)C2. The minimum Gasteiger partial charge on any atom is -0.358 e. The van der Waals surface area contributed by atoms with Crippen molar-refractivity contribution in [3.8, 4) is 0 Å². The second-order valence-electron chi connectivity index (χ2n) is 8.41. The maximum absolute atomic E-state index is 5.87. The van der Waals surface area contributed by atoms with Gasteiger partial charge in [0.05, 0.1) is 0 Å². The van der Waals surface area contributed by atoms with Crippen molar-refractivity contribution >= 4 is 28.3 Å². The fourth-order valence-electron chi connectivity index (χ4n) is 6.22. The molecule has 4 saturated carbocycles. The first-order valence-electron chi connectivity index (χ1n) is 9.10. The maximum atomic E-state index is 5.87. The second-order valence-corrected chi connectivity index (χ2v) is 10.5. The molecule has 0 N–H and O–H groups in total. The molecule has 5 fully saturated rings. The minimum absolute atomic E-state index is 0.522. The Morgan fingerprint density at radius 1 is 1.10 bits per heavy atom. The van der Waals surface area contributed by atoms with E-state index in [2.05, 4.69) is 23.6 Å². The van der Waals surface area contributed by atoms with Gasteiger partial charge in [0.15, 0.2) is 0 Å². The summed E-state index contributed by atoms with van der Waals surface area (Å²) < 4.78 is 1.76. The van der Waals surface area contributed by atoms with E-state index in [1.54, 1.807) is 0 Å². The zero-order valence-electron chi connectivity index (χ0n) is 13.4. The average molecular weight is 324 g/mol. The highest BCUT2D eigenvalue weighted by molar-refractivity contribution is 8.23. The second kappa shape index (κ2) is 5.40. The number of piperidine rings is 1. The van der Waals surface area contributed by atoms with Crippen molar-refractivity contribution < 1.29 is 0 Å². The van der Waals surface area contributed by atoms with E-state index in [1.165, 1.54) is 81.6 Å². The van der Waals surface area contributed by atoms with Crippen LogP contribution in [0.2, 0.25) is 0 Å². The van der Waals surface area contributed by atoms with Gasteiger partial charge in [-0.15, -0.1) is 0 Å². The summed E-state index contributed by atoms with van der Waals surface area (Å²) in [7, 11) is 0. The average Bonchev–Trinajstić information content (AvgIpc) is 2.46. The van der Waals surface area contributed by atoms with Crippen molar-refractivity contribution in [3.05, 3.63) is 0 Å². The lowest BCUT2D eigenvalue weighted by molar-refractivity contribution is -0.0390. The van der Waals surface area contributed by atoms with Crippen molar-refractivity contribution in [2.75, 3.05) is 13.1 Å². The van der Waals surface area contributed by atoms with Gasteiger partial charge in [-0.1, -0.05) is 37.3 Å². The fraction of sp³-hybridized carbons (Fsp3) is 0.944. The molecule has 4 bridgehead atoms. The van der Waals surface area contributed by atoms with E-state index in [1.807, 2.05) is 0 Å². The molecule has 1 heterocycles. The van der Waals surface area contributed by atoms with Crippen LogP contribution in [-0.2, 0) is 0 Å². The summed E-state index contributed by atoms with van der Waals surface area (Å²) in [6.45, 7) is 4.87. The van der Waals surface area contributed by atoms with Crippen molar-refractivity contribution in [3.63, 3.8) is 0 Å². The number of thioether (sulfide) groups is 1. The molecule has 0 spiro atoms. The number of hydrogen-bond donors (Lipinski definition) is 0. The summed E-state index contributed by atoms with van der Waals surface area (Å²) in [5, 5.41) is 0. The Labute approximate surface area is 139 Å². The van der Waals surface area contributed by atoms with E-state index in [0.29, 0.717) is 10.2 Å². The molecule has 0 aromatic heterocycles. The number of likely N-dealkylation sites (tertiary alicyclic amines) is 1. The molecule has 2 unspecified atom stereocenters. The molecule has 4 aliphatic carbocycles. The van der Waals surface area contributed by atoms with Gasteiger partial charge in [0, 0.05) is 17.8 Å². The van der Waals surface area contributed by atoms with Gasteiger partial charge in [-0.3, -0.25) is 0 Å². The molecule has 1 aliphatic heterocycles. The lowest BCUT2D eigenvalue weighted by Crippen LogP contribution is -2.54. The molecule has 5 aliphatic rings. The first kappa shape index (κ1) is 14.8. The van der Waals surface area contributed by atoms with E-state index < -0.39 is 0 Å². The zero-order valence-corrected chi connectivity index (χ0v) is 15.0. The molecule has 0 aromatic rings. The Bertz CT molecular complexity index is 413. The van der Waals surface area contributed by atoms with E-state index in [0.717, 1.165) is 11.8 Å². The Morgan fingerprint density at radius 2 is 1.76 bits per heavy atom. The highest BCUT2D eigenvalue weighted by Crippen LogP contribution is 2.66. The van der Waals surface area contributed by atoms with Crippen molar-refractivity contribution in [2.24, 2.45) is 17.3 Å². The molecular weight excluding hydrogens is 294 g/mol. The Balaban J connectivity index is 1.50. The maximum Gasteiger partial charge on any atom is 0.136 e. The van der Waals surface area contributed by atoms with Crippen LogP contribution in [-0.4, -0.2) is 27.1 Å². The van der Waals surface area contributed by atoms with Crippen LogP contribution in [0, 0.1) is 17.3 Å². The van der Waals surface area contributed by atoms with Gasteiger partial charge in [0.2, 0.25) is 0 Å². The van der Waals surface area contributed by atoms with Crippen LogP contribution < -0.4 is 0 Å². The summed E-state index contributed by atoms with van der Waals surface area (Å²) in [6.07, 6.45) is 14.5. The Morgan fingerprint density at radius 3 is 2.38 bits per heavy atom. The first-order valence-corrected chi connectivity index (χ1v) is 10.3. The molecular formula is C18H29NS2. The third kappa shape index (κ3) is 2.67. The third-order valence-corrected chi connectivity index (χ3v) is 8.65. The van der Waals surface area contributed by atoms with Gasteiger partial charge in [-0.25, -0.2) is 0 Å². The van der Waals surface area contributed by atoms with Gasteiger partial charge in [0.25, 0.3) is 0 Å². The van der Waals surface area contributed by atoms with E-state index in [9.17, 15) is 0 Å². The van der Waals surface area contributed by atoms with Gasteiger partial charge >= 0.3 is 0 Å². The number of nitrogens with zero attached hydrogens (tertiary/aromatic N) is 1. The molecule has 1 saturated heterocycles. The zero-order chi connectivity index (χ0) is 14.5. The minimum atomic E-state index is 0.522. The van der Waals surface area contributed by atoms with Crippen molar-refractivity contribution in [1.29, 1.82) is 0 Å². The van der Waals surface area contributed by atoms with Crippen LogP contribution in [0.1, 0.15) is 71.1 Å². The van der Waals surface area contributed by atoms with Gasteiger partial charge < -0.3 is 4.90 Å². The summed E-state index contributed by atoms with van der Waals surface area (Å²) in [5.41, 5.74) is 0.689. The van der Waals surface area contributed by atoms with E-state index >= 15 is 0 Å². The fourth-order valence-corrected chi connectivity index (χ4v) is 8.64. The quantitative estimate of drug-likeness (QED) is 0.640. The number of thiocarbonyl (C=S) groups is 1. The lowest BCUT2D eigenvalue weighted by Gasteiger charge is -2.62. The lowest BCUT2D eigenvalue weighted by atomic mass is 9.48. The summed E-state index contributed by atoms with van der Waals surface area (Å²) >= 11 is 8.01. The molecule has 21 heavy (non-hydrogen) atoms. The molecule has 0 aromatic carbocycles. The molecule has 5 rings (SSSR count). The topological polar surface area (TPSA) is 3.24 Å². The van der Waals surface area contributed by atoms with E-state index in [4.69, 9.17) is 12.2 Å². The van der Waals surface area contributed by atoms with Crippen LogP contribution >= 0.6 is 24.0 Å². The summed E-state index contributed by atoms with van der Waals surface area (Å²) in [6, 6.07) is 0. The highest BCUT2D eigenvalue weighted by atomic mass is 32.2. The van der Waals surface area contributed by atoms with Crippen LogP contribution in [0.3, 0.4) is 0 Å². The van der Waals surface area contributed by atoms with Gasteiger partial charge in [-0.05, 0) is 75.0 Å². The van der Waals surface area contributed by atoms with Crippen LogP contribution in [0.4, 0.5) is 0 Å². The molecule has 0 amide bonds.